The van der Waals surface area contributed by atoms with Crippen molar-refractivity contribution in [1.29, 1.82) is 0 Å². The first-order chi connectivity index (χ1) is 8.60. The molecule has 4 nitrogen and oxygen atoms in total. The molecule has 1 unspecified atom stereocenters. The van der Waals surface area contributed by atoms with E-state index in [-0.39, 0.29) is 12.0 Å². The number of anilines is 1. The monoisotopic (exact) mass is 250 g/mol. The first kappa shape index (κ1) is 14.5. The van der Waals surface area contributed by atoms with Crippen molar-refractivity contribution in [3.05, 3.63) is 29.8 Å². The number of ether oxygens (including phenoxy) is 1. The van der Waals surface area contributed by atoms with E-state index in [0.717, 1.165) is 5.69 Å². The van der Waals surface area contributed by atoms with Gasteiger partial charge in [0.1, 0.15) is 6.04 Å². The predicted octanol–water partition coefficient (Wildman–Crippen LogP) is 1.58. The Morgan fingerprint density at radius 2 is 2.11 bits per heavy atom. The summed E-state index contributed by atoms with van der Waals surface area (Å²) in [6.45, 7) is 4.87. The number of hydrogen-bond acceptors (Lipinski definition) is 4. The third-order valence-corrected chi connectivity index (χ3v) is 2.90. The van der Waals surface area contributed by atoms with Gasteiger partial charge in [-0.1, -0.05) is 18.2 Å². The zero-order valence-electron chi connectivity index (χ0n) is 11.6. The molecule has 0 radical (unpaired) electrons. The van der Waals surface area contributed by atoms with Gasteiger partial charge >= 0.3 is 5.97 Å². The Morgan fingerprint density at radius 1 is 1.44 bits per heavy atom. The number of carbonyl (C=O) groups excluding carboxylic acids is 1. The topological polar surface area (TPSA) is 41.6 Å². The molecule has 0 aliphatic rings. The number of rotatable bonds is 6. The highest BCUT2D eigenvalue weighted by Crippen LogP contribution is 2.17. The van der Waals surface area contributed by atoms with Gasteiger partial charge in [0.15, 0.2) is 0 Å². The fourth-order valence-electron chi connectivity index (χ4n) is 1.89. The maximum atomic E-state index is 11.7. The molecule has 0 fully saturated rings. The smallest absolute Gasteiger partial charge is 0.324 e. The quantitative estimate of drug-likeness (QED) is 0.778. The number of esters is 1. The molecule has 0 saturated carbocycles. The summed E-state index contributed by atoms with van der Waals surface area (Å²) in [6.07, 6.45) is 0. The Hall–Kier alpha value is -1.55. The van der Waals surface area contributed by atoms with Crippen LogP contribution in [0.5, 0.6) is 0 Å². The van der Waals surface area contributed by atoms with Gasteiger partial charge in [0.25, 0.3) is 0 Å². The third kappa shape index (κ3) is 3.74. The Kier molecular flexibility index (Phi) is 5.65. The van der Waals surface area contributed by atoms with Crippen LogP contribution in [0.4, 0.5) is 5.69 Å². The molecular weight excluding hydrogens is 228 g/mol. The fraction of sp³-hybridized carbons (Fsp3) is 0.500. The molecule has 1 N–H and O–H groups in total. The zero-order valence-corrected chi connectivity index (χ0v) is 11.6. The van der Waals surface area contributed by atoms with E-state index in [2.05, 4.69) is 23.2 Å². The molecule has 0 amide bonds. The van der Waals surface area contributed by atoms with Crippen molar-refractivity contribution in [2.75, 3.05) is 32.1 Å². The van der Waals surface area contributed by atoms with Gasteiger partial charge in [-0.05, 0) is 32.5 Å². The standard InChI is InChI=1S/C14H22N2O2/c1-5-18-14(17)12(15-3)10-16(4)13-9-7-6-8-11(13)2/h6-9,12,15H,5,10H2,1-4H3. The number of carbonyl (C=O) groups is 1. The van der Waals surface area contributed by atoms with Crippen molar-refractivity contribution in [1.82, 2.24) is 5.32 Å². The van der Waals surface area contributed by atoms with Crippen LogP contribution in [0.2, 0.25) is 0 Å². The summed E-state index contributed by atoms with van der Waals surface area (Å²) < 4.78 is 5.03. The average molecular weight is 250 g/mol. The van der Waals surface area contributed by atoms with E-state index in [1.54, 1.807) is 7.05 Å². The van der Waals surface area contributed by atoms with Crippen LogP contribution in [-0.2, 0) is 9.53 Å². The minimum atomic E-state index is -0.311. The van der Waals surface area contributed by atoms with E-state index in [1.165, 1.54) is 5.56 Å². The number of aryl methyl sites for hydroxylation is 1. The SMILES string of the molecule is CCOC(=O)C(CN(C)c1ccccc1C)NC. The predicted molar refractivity (Wildman–Crippen MR) is 73.9 cm³/mol. The number of nitrogens with one attached hydrogen (secondary N) is 1. The molecule has 0 spiro atoms. The van der Waals surface area contributed by atoms with E-state index >= 15 is 0 Å². The fourth-order valence-corrected chi connectivity index (χ4v) is 1.89. The maximum absolute atomic E-state index is 11.7. The van der Waals surface area contributed by atoms with Gasteiger partial charge in [-0.25, -0.2) is 0 Å². The first-order valence-corrected chi connectivity index (χ1v) is 6.20. The van der Waals surface area contributed by atoms with Crippen LogP contribution in [-0.4, -0.2) is 39.3 Å². The molecule has 18 heavy (non-hydrogen) atoms. The molecular formula is C14H22N2O2. The van der Waals surface area contributed by atoms with E-state index in [1.807, 2.05) is 32.2 Å². The average Bonchev–Trinajstić information content (AvgIpc) is 2.36. The van der Waals surface area contributed by atoms with E-state index in [9.17, 15) is 4.79 Å². The summed E-state index contributed by atoms with van der Waals surface area (Å²) in [7, 11) is 3.75. The Morgan fingerprint density at radius 3 is 2.67 bits per heavy atom. The normalized spacial score (nSPS) is 12.0. The Labute approximate surface area is 109 Å². The highest BCUT2D eigenvalue weighted by molar-refractivity contribution is 5.76. The van der Waals surface area contributed by atoms with Crippen LogP contribution < -0.4 is 10.2 Å². The second-order valence-corrected chi connectivity index (χ2v) is 4.26. The number of benzene rings is 1. The summed E-state index contributed by atoms with van der Waals surface area (Å²) in [5.41, 5.74) is 2.32. The molecule has 0 aliphatic heterocycles. The lowest BCUT2D eigenvalue weighted by Gasteiger charge is -2.25. The van der Waals surface area contributed by atoms with Gasteiger partial charge in [-0.2, -0.15) is 0 Å². The zero-order chi connectivity index (χ0) is 13.5. The van der Waals surface area contributed by atoms with Crippen molar-refractivity contribution >= 4 is 11.7 Å². The number of nitrogens with zero attached hydrogens (tertiary/aromatic N) is 1. The first-order valence-electron chi connectivity index (χ1n) is 6.20. The lowest BCUT2D eigenvalue weighted by molar-refractivity contribution is -0.145. The second kappa shape index (κ2) is 7.01. The highest BCUT2D eigenvalue weighted by Gasteiger charge is 2.20. The molecule has 1 atom stereocenters. The minimum Gasteiger partial charge on any atom is -0.465 e. The second-order valence-electron chi connectivity index (χ2n) is 4.26. The van der Waals surface area contributed by atoms with Crippen molar-refractivity contribution < 1.29 is 9.53 Å². The summed E-state index contributed by atoms with van der Waals surface area (Å²) in [5.74, 6) is -0.208. The third-order valence-electron chi connectivity index (χ3n) is 2.90. The Balaban J connectivity index is 2.70. The molecule has 100 valence electrons. The summed E-state index contributed by atoms with van der Waals surface area (Å²) in [5, 5.41) is 2.99. The van der Waals surface area contributed by atoms with Gasteiger partial charge in [0.2, 0.25) is 0 Å². The van der Waals surface area contributed by atoms with Gasteiger partial charge in [0.05, 0.1) is 6.61 Å². The molecule has 0 heterocycles. The molecule has 0 aromatic heterocycles. The molecule has 1 rings (SSSR count). The highest BCUT2D eigenvalue weighted by atomic mass is 16.5. The van der Waals surface area contributed by atoms with Crippen LogP contribution in [0.25, 0.3) is 0 Å². The minimum absolute atomic E-state index is 0.208. The number of hydrogen-bond donors (Lipinski definition) is 1. The summed E-state index contributed by atoms with van der Waals surface area (Å²) >= 11 is 0. The van der Waals surface area contributed by atoms with E-state index in [4.69, 9.17) is 4.74 Å². The van der Waals surface area contributed by atoms with Gasteiger partial charge in [-0.3, -0.25) is 4.79 Å². The molecule has 1 aromatic rings. The molecule has 4 heteroatoms. The molecule has 1 aromatic carbocycles. The largest absolute Gasteiger partial charge is 0.465 e. The lowest BCUT2D eigenvalue weighted by atomic mass is 10.1. The van der Waals surface area contributed by atoms with E-state index in [0.29, 0.717) is 13.2 Å². The maximum Gasteiger partial charge on any atom is 0.324 e. The lowest BCUT2D eigenvalue weighted by Crippen LogP contribution is -2.44. The van der Waals surface area contributed by atoms with Gasteiger partial charge in [-0.15, -0.1) is 0 Å². The van der Waals surface area contributed by atoms with Gasteiger partial charge < -0.3 is 15.0 Å². The molecule has 0 aliphatic carbocycles. The van der Waals surface area contributed by atoms with Gasteiger partial charge in [0, 0.05) is 19.3 Å². The molecule has 0 bridgehead atoms. The summed E-state index contributed by atoms with van der Waals surface area (Å²) in [4.78, 5) is 13.8. The van der Waals surface area contributed by atoms with Crippen molar-refractivity contribution in [3.63, 3.8) is 0 Å². The Bertz CT molecular complexity index is 393. The van der Waals surface area contributed by atoms with Crippen LogP contribution >= 0.6 is 0 Å². The van der Waals surface area contributed by atoms with Crippen molar-refractivity contribution in [3.8, 4) is 0 Å². The molecule has 0 saturated heterocycles. The number of para-hydroxylation sites is 1. The van der Waals surface area contributed by atoms with Crippen molar-refractivity contribution in [2.24, 2.45) is 0 Å². The van der Waals surface area contributed by atoms with Crippen molar-refractivity contribution in [2.45, 2.75) is 19.9 Å². The van der Waals surface area contributed by atoms with Crippen LogP contribution in [0.1, 0.15) is 12.5 Å². The van der Waals surface area contributed by atoms with E-state index < -0.39 is 0 Å². The van der Waals surface area contributed by atoms with Crippen LogP contribution in [0.15, 0.2) is 24.3 Å². The van der Waals surface area contributed by atoms with Crippen LogP contribution in [0.3, 0.4) is 0 Å². The number of likely N-dealkylation sites (N-methyl/N-ethyl adjacent to an activating group) is 2. The van der Waals surface area contributed by atoms with Crippen LogP contribution in [0, 0.1) is 6.92 Å². The summed E-state index contributed by atoms with van der Waals surface area (Å²) in [6, 6.07) is 7.80.